The number of carbonyl (C=O) groups is 1. The molecule has 100 valence electrons. The Bertz CT molecular complexity index is 421. The Morgan fingerprint density at radius 1 is 1.50 bits per heavy atom. The number of aromatic nitrogens is 1. The van der Waals surface area contributed by atoms with Crippen LogP contribution in [0.3, 0.4) is 0 Å². The summed E-state index contributed by atoms with van der Waals surface area (Å²) in [6.45, 7) is 6.65. The number of rotatable bonds is 6. The summed E-state index contributed by atoms with van der Waals surface area (Å²) in [5, 5.41) is 0. The first kappa shape index (κ1) is 13.0. The fourth-order valence-corrected chi connectivity index (χ4v) is 2.27. The van der Waals surface area contributed by atoms with Crippen molar-refractivity contribution in [3.8, 4) is 0 Å². The molecule has 0 unspecified atom stereocenters. The van der Waals surface area contributed by atoms with Gasteiger partial charge in [-0.1, -0.05) is 6.92 Å². The van der Waals surface area contributed by atoms with Gasteiger partial charge in [-0.3, -0.25) is 4.79 Å². The molecule has 1 aliphatic rings. The molecule has 0 radical (unpaired) electrons. The lowest BCUT2D eigenvalue weighted by atomic mass is 10.3. The minimum atomic E-state index is 0.120. The second kappa shape index (κ2) is 5.46. The molecular weight excluding hydrogens is 226 g/mol. The largest absolute Gasteiger partial charge is 0.397 e. The molecule has 4 nitrogen and oxygen atoms in total. The maximum atomic E-state index is 12.5. The number of nitrogens with two attached hydrogens (primary N) is 1. The third-order valence-corrected chi connectivity index (χ3v) is 3.45. The summed E-state index contributed by atoms with van der Waals surface area (Å²) in [6, 6.07) is 1.80. The van der Waals surface area contributed by atoms with Crippen molar-refractivity contribution >= 4 is 11.6 Å². The Morgan fingerprint density at radius 2 is 2.22 bits per heavy atom. The van der Waals surface area contributed by atoms with E-state index in [9.17, 15) is 4.79 Å². The van der Waals surface area contributed by atoms with Crippen LogP contribution in [0.2, 0.25) is 0 Å². The van der Waals surface area contributed by atoms with Gasteiger partial charge in [0.25, 0.3) is 5.91 Å². The zero-order chi connectivity index (χ0) is 13.1. The van der Waals surface area contributed by atoms with Gasteiger partial charge in [-0.15, -0.1) is 0 Å². The highest BCUT2D eigenvalue weighted by Crippen LogP contribution is 2.30. The Balaban J connectivity index is 2.14. The van der Waals surface area contributed by atoms with E-state index in [0.29, 0.717) is 5.69 Å². The van der Waals surface area contributed by atoms with Crippen molar-refractivity contribution < 1.29 is 4.79 Å². The molecule has 18 heavy (non-hydrogen) atoms. The van der Waals surface area contributed by atoms with E-state index in [1.54, 1.807) is 6.07 Å². The van der Waals surface area contributed by atoms with Gasteiger partial charge in [0.05, 0.1) is 5.69 Å². The first-order chi connectivity index (χ1) is 8.65. The summed E-state index contributed by atoms with van der Waals surface area (Å²) in [4.78, 5) is 14.4. The van der Waals surface area contributed by atoms with Crippen LogP contribution in [0, 0.1) is 5.92 Å². The third-order valence-electron chi connectivity index (χ3n) is 3.45. The fraction of sp³-hybridized carbons (Fsp3) is 0.643. The average Bonchev–Trinajstić information content (AvgIpc) is 3.09. The van der Waals surface area contributed by atoms with Crippen molar-refractivity contribution in [1.29, 1.82) is 0 Å². The summed E-state index contributed by atoms with van der Waals surface area (Å²) in [5.74, 6) is 0.843. The van der Waals surface area contributed by atoms with Gasteiger partial charge in [-0.2, -0.15) is 0 Å². The zero-order valence-corrected chi connectivity index (χ0v) is 11.4. The fourth-order valence-electron chi connectivity index (χ4n) is 2.27. The van der Waals surface area contributed by atoms with Crippen LogP contribution in [-0.4, -0.2) is 28.5 Å². The standard InChI is InChI=1S/C14H23N3O/c1-3-7-17-10-12(15)8-13(17)14(18)16(4-2)9-11-5-6-11/h8,10-11H,3-7,9,15H2,1-2H3. The molecule has 1 aromatic heterocycles. The van der Waals surface area contributed by atoms with E-state index in [-0.39, 0.29) is 5.91 Å². The number of carbonyl (C=O) groups excluding carboxylic acids is 1. The van der Waals surface area contributed by atoms with Gasteiger partial charge >= 0.3 is 0 Å². The van der Waals surface area contributed by atoms with E-state index >= 15 is 0 Å². The Morgan fingerprint density at radius 3 is 2.78 bits per heavy atom. The molecule has 4 heteroatoms. The second-order valence-corrected chi connectivity index (χ2v) is 5.14. The van der Waals surface area contributed by atoms with Crippen molar-refractivity contribution in [2.24, 2.45) is 5.92 Å². The van der Waals surface area contributed by atoms with E-state index in [1.807, 2.05) is 22.6 Å². The van der Waals surface area contributed by atoms with Gasteiger partial charge in [-0.25, -0.2) is 0 Å². The molecule has 0 atom stereocenters. The van der Waals surface area contributed by atoms with Crippen molar-refractivity contribution in [2.45, 2.75) is 39.7 Å². The number of nitrogens with zero attached hydrogens (tertiary/aromatic N) is 2. The van der Waals surface area contributed by atoms with Crippen LogP contribution in [0.25, 0.3) is 0 Å². The summed E-state index contributed by atoms with van der Waals surface area (Å²) < 4.78 is 1.98. The molecule has 0 bridgehead atoms. The van der Waals surface area contributed by atoms with Gasteiger partial charge in [-0.05, 0) is 38.2 Å². The highest BCUT2D eigenvalue weighted by atomic mass is 16.2. The van der Waals surface area contributed by atoms with Gasteiger partial charge in [0, 0.05) is 25.8 Å². The molecule has 2 rings (SSSR count). The third kappa shape index (κ3) is 2.86. The van der Waals surface area contributed by atoms with Crippen molar-refractivity contribution in [2.75, 3.05) is 18.8 Å². The molecule has 0 spiro atoms. The summed E-state index contributed by atoms with van der Waals surface area (Å²) in [6.07, 6.45) is 5.40. The smallest absolute Gasteiger partial charge is 0.270 e. The first-order valence-corrected chi connectivity index (χ1v) is 6.90. The van der Waals surface area contributed by atoms with Crippen LogP contribution in [0.4, 0.5) is 5.69 Å². The molecule has 1 aromatic rings. The number of aryl methyl sites for hydroxylation is 1. The minimum absolute atomic E-state index is 0.120. The predicted molar refractivity (Wildman–Crippen MR) is 73.4 cm³/mol. The Labute approximate surface area is 109 Å². The number of anilines is 1. The van der Waals surface area contributed by atoms with Crippen LogP contribution in [-0.2, 0) is 6.54 Å². The van der Waals surface area contributed by atoms with E-state index in [2.05, 4.69) is 6.92 Å². The molecule has 0 saturated heterocycles. The lowest BCUT2D eigenvalue weighted by Gasteiger charge is -2.21. The summed E-state index contributed by atoms with van der Waals surface area (Å²) >= 11 is 0. The van der Waals surface area contributed by atoms with Crippen molar-refractivity contribution in [3.63, 3.8) is 0 Å². The first-order valence-electron chi connectivity index (χ1n) is 6.90. The molecule has 0 aromatic carbocycles. The monoisotopic (exact) mass is 249 g/mol. The van der Waals surface area contributed by atoms with E-state index in [0.717, 1.165) is 37.7 Å². The summed E-state index contributed by atoms with van der Waals surface area (Å²) in [5.41, 5.74) is 7.22. The summed E-state index contributed by atoms with van der Waals surface area (Å²) in [7, 11) is 0. The highest BCUT2D eigenvalue weighted by Gasteiger charge is 2.27. The van der Waals surface area contributed by atoms with E-state index < -0.39 is 0 Å². The molecular formula is C14H23N3O. The molecule has 1 aliphatic carbocycles. The van der Waals surface area contributed by atoms with E-state index in [1.165, 1.54) is 12.8 Å². The van der Waals surface area contributed by atoms with Gasteiger partial charge in [0.1, 0.15) is 5.69 Å². The normalized spacial score (nSPS) is 14.8. The van der Waals surface area contributed by atoms with Crippen LogP contribution < -0.4 is 5.73 Å². The number of amides is 1. The van der Waals surface area contributed by atoms with Crippen LogP contribution in [0.1, 0.15) is 43.6 Å². The number of hydrogen-bond acceptors (Lipinski definition) is 2. The highest BCUT2D eigenvalue weighted by molar-refractivity contribution is 5.93. The maximum absolute atomic E-state index is 12.5. The maximum Gasteiger partial charge on any atom is 0.270 e. The minimum Gasteiger partial charge on any atom is -0.397 e. The number of hydrogen-bond donors (Lipinski definition) is 1. The number of nitrogen functional groups attached to an aromatic ring is 1. The topological polar surface area (TPSA) is 51.3 Å². The van der Waals surface area contributed by atoms with Gasteiger partial charge in [0.15, 0.2) is 0 Å². The molecule has 1 amide bonds. The van der Waals surface area contributed by atoms with Gasteiger partial charge in [0.2, 0.25) is 0 Å². The lowest BCUT2D eigenvalue weighted by Crippen LogP contribution is -2.34. The van der Waals surface area contributed by atoms with Crippen molar-refractivity contribution in [1.82, 2.24) is 9.47 Å². The lowest BCUT2D eigenvalue weighted by molar-refractivity contribution is 0.0746. The Hall–Kier alpha value is -1.45. The Kier molecular flexibility index (Phi) is 3.94. The molecule has 2 N–H and O–H groups in total. The van der Waals surface area contributed by atoms with E-state index in [4.69, 9.17) is 5.73 Å². The van der Waals surface area contributed by atoms with Crippen LogP contribution in [0.5, 0.6) is 0 Å². The van der Waals surface area contributed by atoms with Crippen molar-refractivity contribution in [3.05, 3.63) is 18.0 Å². The van der Waals surface area contributed by atoms with Crippen LogP contribution in [0.15, 0.2) is 12.3 Å². The van der Waals surface area contributed by atoms with Gasteiger partial charge < -0.3 is 15.2 Å². The molecule has 1 saturated carbocycles. The SMILES string of the molecule is CCCn1cc(N)cc1C(=O)N(CC)CC1CC1. The quantitative estimate of drug-likeness (QED) is 0.841. The predicted octanol–water partition coefficient (Wildman–Crippen LogP) is 2.35. The molecule has 1 heterocycles. The average molecular weight is 249 g/mol. The molecule has 1 fully saturated rings. The van der Waals surface area contributed by atoms with Crippen LogP contribution >= 0.6 is 0 Å². The molecule has 0 aliphatic heterocycles. The second-order valence-electron chi connectivity index (χ2n) is 5.14. The zero-order valence-electron chi connectivity index (χ0n) is 11.4.